The van der Waals surface area contributed by atoms with Crippen LogP contribution in [0.3, 0.4) is 0 Å². The highest BCUT2D eigenvalue weighted by Gasteiger charge is 2.21. The zero-order valence-corrected chi connectivity index (χ0v) is 14.6. The maximum Gasteiger partial charge on any atom is 0.273 e. The number of halogens is 3. The fourth-order valence-corrected chi connectivity index (χ4v) is 2.80. The Labute approximate surface area is 154 Å². The molecular formula is C20H19F3N2O2. The molecule has 3 rings (SSSR count). The monoisotopic (exact) mass is 376 g/mol. The first-order valence-corrected chi connectivity index (χ1v) is 8.46. The van der Waals surface area contributed by atoms with Gasteiger partial charge in [-0.05, 0) is 35.4 Å². The van der Waals surface area contributed by atoms with Gasteiger partial charge in [0.2, 0.25) is 5.91 Å². The van der Waals surface area contributed by atoms with Crippen molar-refractivity contribution < 1.29 is 22.7 Å². The molecule has 2 aromatic carbocycles. The van der Waals surface area contributed by atoms with Gasteiger partial charge in [-0.1, -0.05) is 18.2 Å². The molecule has 0 aliphatic carbocycles. The number of alkyl halides is 3. The molecule has 0 aliphatic rings. The number of aromatic nitrogens is 1. The maximum absolute atomic E-state index is 13.3. The smallest absolute Gasteiger partial charge is 0.273 e. The van der Waals surface area contributed by atoms with Crippen molar-refractivity contribution >= 4 is 22.5 Å². The van der Waals surface area contributed by atoms with Crippen LogP contribution in [0.2, 0.25) is 0 Å². The van der Waals surface area contributed by atoms with Crippen LogP contribution < -0.4 is 10.1 Å². The lowest BCUT2D eigenvalue weighted by molar-refractivity contribution is -0.114. The molecule has 0 bridgehead atoms. The van der Waals surface area contributed by atoms with Crippen LogP contribution in [0, 0.1) is 0 Å². The van der Waals surface area contributed by atoms with Crippen molar-refractivity contribution in [3.63, 3.8) is 0 Å². The highest BCUT2D eigenvalue weighted by atomic mass is 19.3. The van der Waals surface area contributed by atoms with E-state index in [0.29, 0.717) is 18.8 Å². The Bertz CT molecular complexity index is 923. The first-order chi connectivity index (χ1) is 12.9. The summed E-state index contributed by atoms with van der Waals surface area (Å²) in [5.74, 6) is 0.345. The van der Waals surface area contributed by atoms with Gasteiger partial charge in [0.15, 0.2) is 6.17 Å². The van der Waals surface area contributed by atoms with Crippen LogP contribution in [0.4, 0.5) is 18.9 Å². The number of hydrogen-bond acceptors (Lipinski definition) is 2. The first kappa shape index (κ1) is 18.8. The maximum atomic E-state index is 13.3. The van der Waals surface area contributed by atoms with Crippen LogP contribution in [0.15, 0.2) is 48.7 Å². The van der Waals surface area contributed by atoms with Gasteiger partial charge >= 0.3 is 0 Å². The van der Waals surface area contributed by atoms with E-state index in [-0.39, 0.29) is 11.5 Å². The molecule has 0 fully saturated rings. The van der Waals surface area contributed by atoms with Gasteiger partial charge in [0.25, 0.3) is 6.43 Å². The molecule has 0 radical (unpaired) electrons. The Morgan fingerprint density at radius 2 is 1.89 bits per heavy atom. The molecule has 142 valence electrons. The van der Waals surface area contributed by atoms with Gasteiger partial charge in [0.05, 0.1) is 12.3 Å². The normalized spacial score (nSPS) is 12.3. The molecule has 1 atom stereocenters. The van der Waals surface area contributed by atoms with Gasteiger partial charge in [0.1, 0.15) is 5.75 Å². The average Bonchev–Trinajstić information content (AvgIpc) is 3.03. The van der Waals surface area contributed by atoms with E-state index in [0.717, 1.165) is 22.2 Å². The van der Waals surface area contributed by atoms with Gasteiger partial charge in [-0.2, -0.15) is 0 Å². The number of anilines is 1. The molecule has 2 N–H and O–H groups in total. The lowest BCUT2D eigenvalue weighted by Crippen LogP contribution is -2.05. The minimum atomic E-state index is -3.04. The van der Waals surface area contributed by atoms with Crippen molar-refractivity contribution in [2.24, 2.45) is 0 Å². The van der Waals surface area contributed by atoms with Crippen molar-refractivity contribution in [2.75, 3.05) is 11.9 Å². The summed E-state index contributed by atoms with van der Waals surface area (Å²) in [5.41, 5.74) is 2.59. The summed E-state index contributed by atoms with van der Waals surface area (Å²) in [6.07, 6.45) is -2.97. The van der Waals surface area contributed by atoms with E-state index in [4.69, 9.17) is 4.74 Å². The second kappa shape index (κ2) is 8.16. The third kappa shape index (κ3) is 4.61. The number of carbonyl (C=O) groups excluding carboxylic acids is 1. The summed E-state index contributed by atoms with van der Waals surface area (Å²) in [5, 5.41) is 3.68. The predicted octanol–water partition coefficient (Wildman–Crippen LogP) is 5.02. The summed E-state index contributed by atoms with van der Waals surface area (Å²) >= 11 is 0. The number of benzene rings is 2. The fraction of sp³-hybridized carbons (Fsp3) is 0.250. The van der Waals surface area contributed by atoms with Gasteiger partial charge in [0, 0.05) is 30.4 Å². The van der Waals surface area contributed by atoms with E-state index < -0.39 is 12.6 Å². The molecule has 1 heterocycles. The topological polar surface area (TPSA) is 54.1 Å². The lowest BCUT2D eigenvalue weighted by Gasteiger charge is -2.10. The average molecular weight is 376 g/mol. The van der Waals surface area contributed by atoms with Crippen molar-refractivity contribution in [1.82, 2.24) is 4.98 Å². The minimum absolute atomic E-state index is 0.0687. The zero-order valence-electron chi connectivity index (χ0n) is 14.6. The highest BCUT2D eigenvalue weighted by Crippen LogP contribution is 2.27. The number of nitrogens with one attached hydrogen (secondary N) is 2. The molecule has 0 spiro atoms. The predicted molar refractivity (Wildman–Crippen MR) is 98.1 cm³/mol. The molecule has 0 saturated carbocycles. The molecule has 7 heteroatoms. The van der Waals surface area contributed by atoms with Crippen LogP contribution >= 0.6 is 0 Å². The van der Waals surface area contributed by atoms with Gasteiger partial charge in [-0.15, -0.1) is 0 Å². The SMILES string of the molecule is CC(=O)Nc1c[nH]c2ccc(CCOc3ccc(C(F)C(F)F)cc3)cc12. The third-order valence-electron chi connectivity index (χ3n) is 4.14. The number of fused-ring (bicyclic) bond motifs is 1. The summed E-state index contributed by atoms with van der Waals surface area (Å²) in [7, 11) is 0. The molecule has 4 nitrogen and oxygen atoms in total. The Hall–Kier alpha value is -2.96. The number of carbonyl (C=O) groups is 1. The Kier molecular flexibility index (Phi) is 5.69. The van der Waals surface area contributed by atoms with Crippen LogP contribution in [0.5, 0.6) is 5.75 Å². The second-order valence-electron chi connectivity index (χ2n) is 6.17. The number of hydrogen-bond donors (Lipinski definition) is 2. The highest BCUT2D eigenvalue weighted by molar-refractivity contribution is 6.01. The van der Waals surface area contributed by atoms with Crippen molar-refractivity contribution in [3.8, 4) is 5.75 Å². The van der Waals surface area contributed by atoms with Gasteiger partial charge in [-0.25, -0.2) is 13.2 Å². The fourth-order valence-electron chi connectivity index (χ4n) is 2.80. The van der Waals surface area contributed by atoms with E-state index in [2.05, 4.69) is 10.3 Å². The summed E-state index contributed by atoms with van der Waals surface area (Å²) in [6.45, 7) is 1.83. The molecule has 0 aliphatic heterocycles. The second-order valence-corrected chi connectivity index (χ2v) is 6.17. The molecule has 3 aromatic rings. The first-order valence-electron chi connectivity index (χ1n) is 8.46. The van der Waals surface area contributed by atoms with Crippen LogP contribution in [-0.2, 0) is 11.2 Å². The Balaban J connectivity index is 1.61. The van der Waals surface area contributed by atoms with Crippen molar-refractivity contribution in [3.05, 3.63) is 59.8 Å². The third-order valence-corrected chi connectivity index (χ3v) is 4.14. The minimum Gasteiger partial charge on any atom is -0.493 e. The van der Waals surface area contributed by atoms with Crippen molar-refractivity contribution in [2.45, 2.75) is 25.9 Å². The number of rotatable bonds is 7. The van der Waals surface area contributed by atoms with E-state index in [1.807, 2.05) is 18.2 Å². The number of aromatic amines is 1. The summed E-state index contributed by atoms with van der Waals surface area (Å²) in [4.78, 5) is 14.4. The summed E-state index contributed by atoms with van der Waals surface area (Å²) < 4.78 is 43.6. The van der Waals surface area contributed by atoms with Gasteiger partial charge in [-0.3, -0.25) is 4.79 Å². The largest absolute Gasteiger partial charge is 0.493 e. The van der Waals surface area contributed by atoms with Gasteiger partial charge < -0.3 is 15.0 Å². The summed E-state index contributed by atoms with van der Waals surface area (Å²) in [6, 6.07) is 11.4. The van der Waals surface area contributed by atoms with Crippen LogP contribution in [0.25, 0.3) is 10.9 Å². The zero-order chi connectivity index (χ0) is 19.4. The lowest BCUT2D eigenvalue weighted by atomic mass is 10.1. The number of amides is 1. The molecular weight excluding hydrogens is 357 g/mol. The van der Waals surface area contributed by atoms with Crippen molar-refractivity contribution in [1.29, 1.82) is 0 Å². The molecule has 1 unspecified atom stereocenters. The molecule has 27 heavy (non-hydrogen) atoms. The number of ether oxygens (including phenoxy) is 1. The quantitative estimate of drug-likeness (QED) is 0.608. The van der Waals surface area contributed by atoms with Crippen LogP contribution in [-0.4, -0.2) is 23.9 Å². The van der Waals surface area contributed by atoms with E-state index in [1.54, 1.807) is 6.20 Å². The van der Waals surface area contributed by atoms with Crippen LogP contribution in [0.1, 0.15) is 24.2 Å². The molecule has 1 amide bonds. The van der Waals surface area contributed by atoms with E-state index >= 15 is 0 Å². The van der Waals surface area contributed by atoms with E-state index in [1.165, 1.54) is 31.2 Å². The molecule has 1 aromatic heterocycles. The molecule has 0 saturated heterocycles. The standard InChI is InChI=1S/C20H19F3N2O2/c1-12(26)25-18-11-24-17-7-2-13(10-16(17)18)8-9-27-15-5-3-14(4-6-15)19(21)20(22)23/h2-7,10-11,19-20,24H,8-9H2,1H3,(H,25,26). The Morgan fingerprint density at radius 3 is 2.56 bits per heavy atom. The Morgan fingerprint density at radius 1 is 1.15 bits per heavy atom. The van der Waals surface area contributed by atoms with E-state index in [9.17, 15) is 18.0 Å². The number of H-pyrrole nitrogens is 1.